The first-order chi connectivity index (χ1) is 10.1. The quantitative estimate of drug-likeness (QED) is 0.842. The minimum absolute atomic E-state index is 0.579. The van der Waals surface area contributed by atoms with Gasteiger partial charge < -0.3 is 10.2 Å². The van der Waals surface area contributed by atoms with Crippen molar-refractivity contribution in [3.8, 4) is 0 Å². The Hall–Kier alpha value is -1.02. The third-order valence-electron chi connectivity index (χ3n) is 4.49. The van der Waals surface area contributed by atoms with Crippen molar-refractivity contribution >= 4 is 5.69 Å². The predicted octanol–water partition coefficient (Wildman–Crippen LogP) is 4.24. The number of benzene rings is 1. The van der Waals surface area contributed by atoms with E-state index in [4.69, 9.17) is 0 Å². The molecule has 0 radical (unpaired) electrons. The lowest BCUT2D eigenvalue weighted by Gasteiger charge is -2.41. The lowest BCUT2D eigenvalue weighted by molar-refractivity contribution is 0.356. The number of aryl methyl sites for hydroxylation is 1. The summed E-state index contributed by atoms with van der Waals surface area (Å²) >= 11 is 0. The van der Waals surface area contributed by atoms with Crippen LogP contribution in [0.2, 0.25) is 0 Å². The van der Waals surface area contributed by atoms with Crippen LogP contribution in [0.25, 0.3) is 0 Å². The highest BCUT2D eigenvalue weighted by Gasteiger charge is 2.25. The fourth-order valence-corrected chi connectivity index (χ4v) is 3.25. The second-order valence-electron chi connectivity index (χ2n) is 7.01. The maximum absolute atomic E-state index is 3.70. The van der Waals surface area contributed by atoms with Gasteiger partial charge in [0.25, 0.3) is 0 Å². The van der Waals surface area contributed by atoms with E-state index in [0.717, 1.165) is 19.0 Å². The van der Waals surface area contributed by atoms with E-state index in [2.05, 4.69) is 62.2 Å². The SMILES string of the molecule is CCCCc1ccc(N2CC(CC(C)C)NCC2C)cc1. The summed E-state index contributed by atoms with van der Waals surface area (Å²) in [4.78, 5) is 2.58. The van der Waals surface area contributed by atoms with Crippen LogP contribution >= 0.6 is 0 Å². The van der Waals surface area contributed by atoms with Crippen molar-refractivity contribution in [2.75, 3.05) is 18.0 Å². The molecule has 1 aromatic carbocycles. The molecule has 118 valence electrons. The smallest absolute Gasteiger partial charge is 0.0387 e. The fourth-order valence-electron chi connectivity index (χ4n) is 3.25. The predicted molar refractivity (Wildman–Crippen MR) is 93.1 cm³/mol. The van der Waals surface area contributed by atoms with Gasteiger partial charge in [-0.15, -0.1) is 0 Å². The number of rotatable bonds is 6. The Kier molecular flexibility index (Phi) is 6.10. The van der Waals surface area contributed by atoms with E-state index >= 15 is 0 Å². The molecule has 0 aliphatic carbocycles. The summed E-state index contributed by atoms with van der Waals surface area (Å²) in [6.07, 6.45) is 5.04. The summed E-state index contributed by atoms with van der Waals surface area (Å²) in [5.74, 6) is 0.758. The number of anilines is 1. The highest BCUT2D eigenvalue weighted by atomic mass is 15.2. The summed E-state index contributed by atoms with van der Waals surface area (Å²) in [7, 11) is 0. The maximum atomic E-state index is 3.70. The van der Waals surface area contributed by atoms with Crippen LogP contribution in [-0.4, -0.2) is 25.2 Å². The van der Waals surface area contributed by atoms with Crippen molar-refractivity contribution in [3.05, 3.63) is 29.8 Å². The maximum Gasteiger partial charge on any atom is 0.0387 e. The van der Waals surface area contributed by atoms with Crippen LogP contribution in [-0.2, 0) is 6.42 Å². The van der Waals surface area contributed by atoms with Gasteiger partial charge in [0.2, 0.25) is 0 Å². The molecule has 0 amide bonds. The summed E-state index contributed by atoms with van der Waals surface area (Å²) < 4.78 is 0. The van der Waals surface area contributed by atoms with Crippen LogP contribution in [0.5, 0.6) is 0 Å². The summed E-state index contributed by atoms with van der Waals surface area (Å²) in [6, 6.07) is 10.5. The van der Waals surface area contributed by atoms with Crippen molar-refractivity contribution in [2.24, 2.45) is 5.92 Å². The molecule has 21 heavy (non-hydrogen) atoms. The van der Waals surface area contributed by atoms with E-state index in [0.29, 0.717) is 12.1 Å². The van der Waals surface area contributed by atoms with Gasteiger partial charge in [0.05, 0.1) is 0 Å². The molecule has 2 rings (SSSR count). The van der Waals surface area contributed by atoms with Gasteiger partial charge in [-0.25, -0.2) is 0 Å². The van der Waals surface area contributed by atoms with Crippen molar-refractivity contribution < 1.29 is 0 Å². The first-order valence-corrected chi connectivity index (χ1v) is 8.69. The topological polar surface area (TPSA) is 15.3 Å². The number of nitrogens with one attached hydrogen (secondary N) is 1. The minimum Gasteiger partial charge on any atom is -0.366 e. The third-order valence-corrected chi connectivity index (χ3v) is 4.49. The number of piperazine rings is 1. The van der Waals surface area contributed by atoms with E-state index in [9.17, 15) is 0 Å². The van der Waals surface area contributed by atoms with E-state index in [1.54, 1.807) is 0 Å². The fraction of sp³-hybridized carbons (Fsp3) is 0.684. The van der Waals surface area contributed by atoms with Crippen LogP contribution < -0.4 is 10.2 Å². The number of hydrogen-bond donors (Lipinski definition) is 1. The zero-order valence-corrected chi connectivity index (χ0v) is 14.2. The van der Waals surface area contributed by atoms with Crippen LogP contribution in [0.1, 0.15) is 52.5 Å². The second kappa shape index (κ2) is 7.84. The third kappa shape index (κ3) is 4.74. The molecule has 1 heterocycles. The first kappa shape index (κ1) is 16.4. The number of unbranched alkanes of at least 4 members (excludes halogenated alkanes) is 1. The van der Waals surface area contributed by atoms with Crippen LogP contribution in [0.4, 0.5) is 5.69 Å². The highest BCUT2D eigenvalue weighted by Crippen LogP contribution is 2.22. The van der Waals surface area contributed by atoms with Gasteiger partial charge in [-0.1, -0.05) is 39.3 Å². The molecule has 0 bridgehead atoms. The molecule has 2 atom stereocenters. The van der Waals surface area contributed by atoms with Gasteiger partial charge >= 0.3 is 0 Å². The molecule has 1 aliphatic heterocycles. The minimum atomic E-state index is 0.579. The zero-order valence-electron chi connectivity index (χ0n) is 14.2. The monoisotopic (exact) mass is 288 g/mol. The summed E-state index contributed by atoms with van der Waals surface area (Å²) in [5, 5.41) is 3.70. The molecule has 1 aromatic rings. The lowest BCUT2D eigenvalue weighted by atomic mass is 9.99. The molecule has 0 saturated carbocycles. The zero-order chi connectivity index (χ0) is 15.2. The summed E-state index contributed by atoms with van der Waals surface area (Å²) in [6.45, 7) is 11.4. The molecule has 2 heteroatoms. The van der Waals surface area contributed by atoms with E-state index in [1.807, 2.05) is 0 Å². The second-order valence-corrected chi connectivity index (χ2v) is 7.01. The normalized spacial score (nSPS) is 22.8. The Morgan fingerprint density at radius 2 is 1.95 bits per heavy atom. The number of nitrogens with zero attached hydrogens (tertiary/aromatic N) is 1. The van der Waals surface area contributed by atoms with Crippen LogP contribution in [0.3, 0.4) is 0 Å². The van der Waals surface area contributed by atoms with Crippen molar-refractivity contribution in [2.45, 2.75) is 65.5 Å². The highest BCUT2D eigenvalue weighted by molar-refractivity contribution is 5.49. The van der Waals surface area contributed by atoms with Gasteiger partial charge in [0.15, 0.2) is 0 Å². The molecule has 1 saturated heterocycles. The van der Waals surface area contributed by atoms with Crippen molar-refractivity contribution in [1.29, 1.82) is 0 Å². The van der Waals surface area contributed by atoms with Crippen molar-refractivity contribution in [1.82, 2.24) is 5.32 Å². The van der Waals surface area contributed by atoms with Gasteiger partial charge in [-0.05, 0) is 49.8 Å². The largest absolute Gasteiger partial charge is 0.366 e. The molecule has 2 unspecified atom stereocenters. The average Bonchev–Trinajstić information content (AvgIpc) is 2.47. The van der Waals surface area contributed by atoms with E-state index < -0.39 is 0 Å². The molecule has 0 spiro atoms. The van der Waals surface area contributed by atoms with Crippen LogP contribution in [0, 0.1) is 5.92 Å². The molecule has 1 fully saturated rings. The Balaban J connectivity index is 2.00. The Bertz CT molecular complexity index is 410. The molecular formula is C19H32N2. The van der Waals surface area contributed by atoms with Gasteiger partial charge in [0.1, 0.15) is 0 Å². The van der Waals surface area contributed by atoms with E-state index in [1.165, 1.54) is 36.9 Å². The molecular weight excluding hydrogens is 256 g/mol. The van der Waals surface area contributed by atoms with Crippen LogP contribution in [0.15, 0.2) is 24.3 Å². The molecule has 1 aliphatic rings. The van der Waals surface area contributed by atoms with E-state index in [-0.39, 0.29) is 0 Å². The van der Waals surface area contributed by atoms with Crippen molar-refractivity contribution in [3.63, 3.8) is 0 Å². The Morgan fingerprint density at radius 3 is 2.57 bits per heavy atom. The standard InChI is InChI=1S/C19H32N2/c1-5-6-7-17-8-10-19(11-9-17)21-14-18(12-15(2)3)20-13-16(21)4/h8-11,15-16,18,20H,5-7,12-14H2,1-4H3. The lowest BCUT2D eigenvalue weighted by Crippen LogP contribution is -2.55. The molecule has 0 aromatic heterocycles. The van der Waals surface area contributed by atoms with Gasteiger partial charge in [-0.3, -0.25) is 0 Å². The number of hydrogen-bond acceptors (Lipinski definition) is 2. The molecule has 1 N–H and O–H groups in total. The summed E-state index contributed by atoms with van der Waals surface area (Å²) in [5.41, 5.74) is 2.86. The molecule has 2 nitrogen and oxygen atoms in total. The van der Waals surface area contributed by atoms with Gasteiger partial charge in [0, 0.05) is 30.9 Å². The first-order valence-electron chi connectivity index (χ1n) is 8.69. The average molecular weight is 288 g/mol. The Labute approximate surface area is 130 Å². The van der Waals surface area contributed by atoms with Gasteiger partial charge in [-0.2, -0.15) is 0 Å². The Morgan fingerprint density at radius 1 is 1.24 bits per heavy atom.